The summed E-state index contributed by atoms with van der Waals surface area (Å²) >= 11 is 0. The molecule has 3 atom stereocenters. The number of pyridine rings is 1. The highest BCUT2D eigenvalue weighted by atomic mass is 16.2. The Morgan fingerprint density at radius 3 is 2.89 bits per heavy atom. The summed E-state index contributed by atoms with van der Waals surface area (Å²) in [5, 5.41) is 3.18. The Kier molecular flexibility index (Phi) is 5.36. The van der Waals surface area contributed by atoms with Crippen LogP contribution in [0.1, 0.15) is 31.9 Å². The lowest BCUT2D eigenvalue weighted by Crippen LogP contribution is -2.45. The van der Waals surface area contributed by atoms with Gasteiger partial charge in [-0.05, 0) is 36.1 Å². The van der Waals surface area contributed by atoms with Gasteiger partial charge in [0.1, 0.15) is 6.04 Å². The highest BCUT2D eigenvalue weighted by Gasteiger charge is 2.31. The van der Waals surface area contributed by atoms with Crippen molar-refractivity contribution in [3.8, 4) is 0 Å². The molecule has 2 aromatic heterocycles. The third-order valence-electron chi connectivity index (χ3n) is 5.25. The molecule has 0 aliphatic carbocycles. The van der Waals surface area contributed by atoms with Crippen LogP contribution in [0.3, 0.4) is 0 Å². The first kappa shape index (κ1) is 18.6. The highest BCUT2D eigenvalue weighted by molar-refractivity contribution is 5.82. The molecule has 3 heterocycles. The quantitative estimate of drug-likeness (QED) is 0.612. The van der Waals surface area contributed by atoms with Gasteiger partial charge in [-0.15, -0.1) is 0 Å². The predicted molar refractivity (Wildman–Crippen MR) is 108 cm³/mol. The Morgan fingerprint density at radius 1 is 1.25 bits per heavy atom. The Hall–Kier alpha value is -2.77. The van der Waals surface area contributed by atoms with Crippen LogP contribution in [-0.2, 0) is 11.3 Å². The number of nitrogens with one attached hydrogen (secondary N) is 3. The minimum atomic E-state index is -0.266. The maximum Gasteiger partial charge on any atom is 0.239 e. The zero-order valence-electron chi connectivity index (χ0n) is 16.2. The minimum Gasteiger partial charge on any atom is -0.348 e. The van der Waals surface area contributed by atoms with E-state index < -0.39 is 0 Å². The van der Waals surface area contributed by atoms with Crippen molar-refractivity contribution in [2.75, 3.05) is 0 Å². The minimum absolute atomic E-state index is 0.00745. The lowest BCUT2D eigenvalue weighted by atomic mass is 9.96. The van der Waals surface area contributed by atoms with Gasteiger partial charge in [-0.2, -0.15) is 0 Å². The van der Waals surface area contributed by atoms with Crippen molar-refractivity contribution in [2.24, 2.45) is 5.92 Å². The smallest absolute Gasteiger partial charge is 0.239 e. The third kappa shape index (κ3) is 3.90. The summed E-state index contributed by atoms with van der Waals surface area (Å²) in [6.07, 6.45) is 6.14. The predicted octanol–water partition coefficient (Wildman–Crippen LogP) is 2.18. The van der Waals surface area contributed by atoms with E-state index in [1.54, 1.807) is 6.20 Å². The lowest BCUT2D eigenvalue weighted by molar-refractivity contribution is -0.124. The van der Waals surface area contributed by atoms with Gasteiger partial charge in [-0.25, -0.2) is 10.4 Å². The molecule has 0 radical (unpaired) electrons. The molecular weight excluding hydrogens is 352 g/mol. The van der Waals surface area contributed by atoms with E-state index in [2.05, 4.69) is 50.6 Å². The zero-order chi connectivity index (χ0) is 19.5. The molecule has 0 saturated carbocycles. The van der Waals surface area contributed by atoms with E-state index in [0.29, 0.717) is 0 Å². The van der Waals surface area contributed by atoms with E-state index in [0.717, 1.165) is 29.6 Å². The van der Waals surface area contributed by atoms with Crippen LogP contribution < -0.4 is 16.2 Å². The van der Waals surface area contributed by atoms with Gasteiger partial charge < -0.3 is 9.88 Å². The van der Waals surface area contributed by atoms with Gasteiger partial charge in [-0.1, -0.05) is 32.0 Å². The SMILES string of the molecule is CC(C)C(NC(=O)C1CC(Cn2cnc3ccccc32)NN1)c1cccnc1. The average molecular weight is 378 g/mol. The van der Waals surface area contributed by atoms with Gasteiger partial charge in [0.05, 0.1) is 23.4 Å². The molecule has 0 spiro atoms. The van der Waals surface area contributed by atoms with E-state index >= 15 is 0 Å². The molecule has 3 N–H and O–H groups in total. The van der Waals surface area contributed by atoms with Gasteiger partial charge in [0.2, 0.25) is 5.91 Å². The molecular formula is C21H26N6O. The molecule has 1 amide bonds. The maximum atomic E-state index is 12.8. The van der Waals surface area contributed by atoms with Gasteiger partial charge >= 0.3 is 0 Å². The fraction of sp³-hybridized carbons (Fsp3) is 0.381. The Morgan fingerprint density at radius 2 is 2.11 bits per heavy atom. The molecule has 1 saturated heterocycles. The van der Waals surface area contributed by atoms with Crippen LogP contribution in [0.15, 0.2) is 55.1 Å². The molecule has 3 unspecified atom stereocenters. The first-order valence-electron chi connectivity index (χ1n) is 9.73. The maximum absolute atomic E-state index is 12.8. The van der Waals surface area contributed by atoms with Crippen molar-refractivity contribution >= 4 is 16.9 Å². The molecule has 3 aromatic rings. The van der Waals surface area contributed by atoms with E-state index in [4.69, 9.17) is 0 Å². The molecule has 1 fully saturated rings. The fourth-order valence-electron chi connectivity index (χ4n) is 3.76. The summed E-state index contributed by atoms with van der Waals surface area (Å²) in [6, 6.07) is 11.8. The Balaban J connectivity index is 1.38. The molecule has 28 heavy (non-hydrogen) atoms. The lowest BCUT2D eigenvalue weighted by Gasteiger charge is -2.24. The normalized spacial score (nSPS) is 20.5. The summed E-state index contributed by atoms with van der Waals surface area (Å²) in [5.74, 6) is 0.281. The van der Waals surface area contributed by atoms with Crippen molar-refractivity contribution in [3.05, 3.63) is 60.7 Å². The molecule has 146 valence electrons. The number of hydrogen-bond acceptors (Lipinski definition) is 5. The van der Waals surface area contributed by atoms with Crippen LogP contribution >= 0.6 is 0 Å². The van der Waals surface area contributed by atoms with Crippen LogP contribution in [0.25, 0.3) is 11.0 Å². The third-order valence-corrected chi connectivity index (χ3v) is 5.25. The second-order valence-corrected chi connectivity index (χ2v) is 7.68. The van der Waals surface area contributed by atoms with Gasteiger partial charge in [0.15, 0.2) is 0 Å². The first-order valence-corrected chi connectivity index (χ1v) is 9.73. The highest BCUT2D eigenvalue weighted by Crippen LogP contribution is 2.21. The van der Waals surface area contributed by atoms with Gasteiger partial charge in [-0.3, -0.25) is 15.2 Å². The Labute approximate surface area is 164 Å². The zero-order valence-corrected chi connectivity index (χ0v) is 16.2. The van der Waals surface area contributed by atoms with Crippen LogP contribution in [0.2, 0.25) is 0 Å². The second-order valence-electron chi connectivity index (χ2n) is 7.68. The van der Waals surface area contributed by atoms with Gasteiger partial charge in [0, 0.05) is 25.0 Å². The number of rotatable bonds is 6. The Bertz CT molecular complexity index is 938. The first-order chi connectivity index (χ1) is 13.6. The van der Waals surface area contributed by atoms with E-state index in [-0.39, 0.29) is 30.0 Å². The van der Waals surface area contributed by atoms with E-state index in [9.17, 15) is 4.79 Å². The number of carbonyl (C=O) groups is 1. The number of carbonyl (C=O) groups excluding carboxylic acids is 1. The molecule has 1 aromatic carbocycles. The van der Waals surface area contributed by atoms with Crippen LogP contribution in [0.4, 0.5) is 0 Å². The standard InChI is InChI=1S/C21H26N6O/c1-14(2)20(15-6-5-9-22-11-15)24-21(28)18-10-16(25-26-18)12-27-13-23-17-7-3-4-8-19(17)27/h3-9,11,13-14,16,18,20,25-26H,10,12H2,1-2H3,(H,24,28). The van der Waals surface area contributed by atoms with Crippen molar-refractivity contribution in [1.29, 1.82) is 0 Å². The topological polar surface area (TPSA) is 83.9 Å². The average Bonchev–Trinajstić information content (AvgIpc) is 3.34. The van der Waals surface area contributed by atoms with Crippen molar-refractivity contribution in [1.82, 2.24) is 30.7 Å². The summed E-state index contributed by atoms with van der Waals surface area (Å²) in [6.45, 7) is 4.96. The van der Waals surface area contributed by atoms with Crippen molar-refractivity contribution in [3.63, 3.8) is 0 Å². The van der Waals surface area contributed by atoms with Crippen molar-refractivity contribution < 1.29 is 4.79 Å². The molecule has 1 aliphatic rings. The molecule has 4 rings (SSSR count). The summed E-state index contributed by atoms with van der Waals surface area (Å²) in [7, 11) is 0. The fourth-order valence-corrected chi connectivity index (χ4v) is 3.76. The second kappa shape index (κ2) is 8.08. The molecule has 0 bridgehead atoms. The van der Waals surface area contributed by atoms with E-state index in [1.807, 2.05) is 42.9 Å². The molecule has 1 aliphatic heterocycles. The number of para-hydroxylation sites is 2. The monoisotopic (exact) mass is 378 g/mol. The van der Waals surface area contributed by atoms with Crippen LogP contribution in [0.5, 0.6) is 0 Å². The largest absolute Gasteiger partial charge is 0.348 e. The number of imidazole rings is 1. The number of amides is 1. The van der Waals surface area contributed by atoms with Crippen LogP contribution in [0, 0.1) is 5.92 Å². The van der Waals surface area contributed by atoms with E-state index in [1.165, 1.54) is 0 Å². The number of nitrogens with zero attached hydrogens (tertiary/aromatic N) is 3. The summed E-state index contributed by atoms with van der Waals surface area (Å²) < 4.78 is 2.13. The molecule has 7 heteroatoms. The number of hydrazine groups is 1. The number of benzene rings is 1. The number of hydrogen-bond donors (Lipinski definition) is 3. The summed E-state index contributed by atoms with van der Waals surface area (Å²) in [5.41, 5.74) is 9.53. The van der Waals surface area contributed by atoms with Crippen LogP contribution in [-0.4, -0.2) is 32.5 Å². The number of fused-ring (bicyclic) bond motifs is 1. The molecule has 7 nitrogen and oxygen atoms in total. The summed E-state index contributed by atoms with van der Waals surface area (Å²) in [4.78, 5) is 21.5. The number of aromatic nitrogens is 3. The van der Waals surface area contributed by atoms with Crippen molar-refractivity contribution in [2.45, 2.75) is 44.9 Å². The van der Waals surface area contributed by atoms with Gasteiger partial charge in [0.25, 0.3) is 0 Å².